The third kappa shape index (κ3) is 4.95. The molecule has 1 aromatic rings. The van der Waals surface area contributed by atoms with E-state index in [9.17, 15) is 19.5 Å². The predicted molar refractivity (Wildman–Crippen MR) is 94.1 cm³/mol. The van der Waals surface area contributed by atoms with E-state index in [1.54, 1.807) is 24.3 Å². The van der Waals surface area contributed by atoms with Crippen LogP contribution in [0.25, 0.3) is 0 Å². The highest BCUT2D eigenvalue weighted by atomic mass is 16.5. The molecular formula is C18H23N3O5. The van der Waals surface area contributed by atoms with Crippen LogP contribution in [0, 0.1) is 0 Å². The number of ether oxygens (including phenoxy) is 1. The first-order chi connectivity index (χ1) is 12.5. The maximum atomic E-state index is 12.7. The van der Waals surface area contributed by atoms with Gasteiger partial charge in [0, 0.05) is 30.5 Å². The van der Waals surface area contributed by atoms with Crippen LogP contribution in [0.15, 0.2) is 24.3 Å². The second kappa shape index (κ2) is 7.74. The Labute approximate surface area is 151 Å². The van der Waals surface area contributed by atoms with Crippen molar-refractivity contribution in [1.82, 2.24) is 10.6 Å². The molecular weight excluding hydrogens is 338 g/mol. The predicted octanol–water partition coefficient (Wildman–Crippen LogP) is 1.72. The highest BCUT2D eigenvalue weighted by Crippen LogP contribution is 2.25. The summed E-state index contributed by atoms with van der Waals surface area (Å²) in [6, 6.07) is 6.53. The molecule has 1 saturated heterocycles. The maximum absolute atomic E-state index is 12.7. The summed E-state index contributed by atoms with van der Waals surface area (Å²) in [5.74, 6) is -1.32. The number of benzene rings is 1. The Hall–Kier alpha value is -2.61. The van der Waals surface area contributed by atoms with E-state index in [4.69, 9.17) is 4.74 Å². The van der Waals surface area contributed by atoms with Crippen molar-refractivity contribution >= 4 is 23.6 Å². The van der Waals surface area contributed by atoms with Gasteiger partial charge in [0.2, 0.25) is 0 Å². The lowest BCUT2D eigenvalue weighted by molar-refractivity contribution is -0.139. The molecule has 26 heavy (non-hydrogen) atoms. The Kier molecular flexibility index (Phi) is 5.41. The van der Waals surface area contributed by atoms with E-state index in [2.05, 4.69) is 16.0 Å². The number of hydrogen-bond acceptors (Lipinski definition) is 4. The zero-order chi connectivity index (χ0) is 18.6. The van der Waals surface area contributed by atoms with Crippen LogP contribution in [-0.4, -0.2) is 47.8 Å². The molecule has 2 fully saturated rings. The van der Waals surface area contributed by atoms with Crippen LogP contribution in [0.1, 0.15) is 42.5 Å². The summed E-state index contributed by atoms with van der Waals surface area (Å²) in [6.07, 6.45) is 2.74. The molecule has 0 radical (unpaired) electrons. The van der Waals surface area contributed by atoms with Gasteiger partial charge in [-0.1, -0.05) is 6.07 Å². The minimum Gasteiger partial charge on any atom is -0.481 e. The standard InChI is InChI=1S/C18H23N3O5/c22-15(23)11-18(6-8-26-9-7-18)21-16(24)12-2-1-3-14(10-12)20-17(25)19-13-4-5-13/h1-3,10,13H,4-9,11H2,(H,21,24)(H,22,23)(H2,19,20,25). The maximum Gasteiger partial charge on any atom is 0.319 e. The summed E-state index contributed by atoms with van der Waals surface area (Å²) >= 11 is 0. The molecule has 0 aromatic heterocycles. The second-order valence-corrected chi connectivity index (χ2v) is 6.87. The lowest BCUT2D eigenvalue weighted by atomic mass is 9.86. The second-order valence-electron chi connectivity index (χ2n) is 6.87. The highest BCUT2D eigenvalue weighted by Gasteiger charge is 2.36. The van der Waals surface area contributed by atoms with Gasteiger partial charge in [-0.3, -0.25) is 9.59 Å². The first kappa shape index (κ1) is 18.2. The number of carbonyl (C=O) groups excluding carboxylic acids is 2. The number of rotatable bonds is 6. The van der Waals surface area contributed by atoms with Crippen LogP contribution >= 0.6 is 0 Å². The van der Waals surface area contributed by atoms with Crippen LogP contribution in [0.5, 0.6) is 0 Å². The van der Waals surface area contributed by atoms with Crippen LogP contribution < -0.4 is 16.0 Å². The number of anilines is 1. The van der Waals surface area contributed by atoms with Crippen LogP contribution in [0.2, 0.25) is 0 Å². The van der Waals surface area contributed by atoms with Gasteiger partial charge in [-0.15, -0.1) is 0 Å². The van der Waals surface area contributed by atoms with Crippen LogP contribution in [0.3, 0.4) is 0 Å². The van der Waals surface area contributed by atoms with Crippen molar-refractivity contribution in [3.63, 3.8) is 0 Å². The number of aliphatic carboxylic acids is 1. The largest absolute Gasteiger partial charge is 0.481 e. The quantitative estimate of drug-likeness (QED) is 0.616. The lowest BCUT2D eigenvalue weighted by Crippen LogP contribution is -2.53. The first-order valence-electron chi connectivity index (χ1n) is 8.75. The van der Waals surface area contributed by atoms with Crippen molar-refractivity contribution in [1.29, 1.82) is 0 Å². The lowest BCUT2D eigenvalue weighted by Gasteiger charge is -2.36. The number of carboxylic acids is 1. The Morgan fingerprint density at radius 1 is 1.19 bits per heavy atom. The summed E-state index contributed by atoms with van der Waals surface area (Å²) in [4.78, 5) is 35.7. The first-order valence-corrected chi connectivity index (χ1v) is 8.75. The Morgan fingerprint density at radius 2 is 1.92 bits per heavy atom. The summed E-state index contributed by atoms with van der Waals surface area (Å²) in [5.41, 5.74) is 0.0639. The van der Waals surface area contributed by atoms with E-state index in [-0.39, 0.29) is 24.4 Å². The third-order valence-corrected chi connectivity index (χ3v) is 4.61. The third-order valence-electron chi connectivity index (χ3n) is 4.61. The van der Waals surface area contributed by atoms with Crippen molar-refractivity contribution < 1.29 is 24.2 Å². The molecule has 1 aliphatic heterocycles. The van der Waals surface area contributed by atoms with Gasteiger partial charge in [0.15, 0.2) is 0 Å². The molecule has 140 valence electrons. The summed E-state index contributed by atoms with van der Waals surface area (Å²) < 4.78 is 5.29. The zero-order valence-electron chi connectivity index (χ0n) is 14.4. The molecule has 1 aromatic carbocycles. The van der Waals surface area contributed by atoms with E-state index in [1.807, 2.05) is 0 Å². The Morgan fingerprint density at radius 3 is 2.58 bits per heavy atom. The molecule has 3 rings (SSSR count). The summed E-state index contributed by atoms with van der Waals surface area (Å²) in [7, 11) is 0. The van der Waals surface area contributed by atoms with Gasteiger partial charge < -0.3 is 25.8 Å². The van der Waals surface area contributed by atoms with Crippen molar-refractivity contribution in [2.75, 3.05) is 18.5 Å². The van der Waals surface area contributed by atoms with Gasteiger partial charge >= 0.3 is 12.0 Å². The number of amides is 3. The number of nitrogens with one attached hydrogen (secondary N) is 3. The molecule has 1 aliphatic carbocycles. The van der Waals surface area contributed by atoms with Gasteiger partial charge in [-0.25, -0.2) is 4.79 Å². The van der Waals surface area contributed by atoms with Gasteiger partial charge in [-0.2, -0.15) is 0 Å². The number of carbonyl (C=O) groups is 3. The fraction of sp³-hybridized carbons (Fsp3) is 0.500. The van der Waals surface area contributed by atoms with Crippen molar-refractivity contribution in [2.24, 2.45) is 0 Å². The molecule has 3 amide bonds. The smallest absolute Gasteiger partial charge is 0.319 e. The van der Waals surface area contributed by atoms with Gasteiger partial charge in [0.1, 0.15) is 0 Å². The van der Waals surface area contributed by atoms with Gasteiger partial charge in [-0.05, 0) is 43.9 Å². The molecule has 1 heterocycles. The monoisotopic (exact) mass is 361 g/mol. The fourth-order valence-electron chi connectivity index (χ4n) is 3.03. The normalized spacial score (nSPS) is 18.6. The van der Waals surface area contributed by atoms with E-state index in [0.29, 0.717) is 37.3 Å². The molecule has 0 spiro atoms. The minimum absolute atomic E-state index is 0.149. The summed E-state index contributed by atoms with van der Waals surface area (Å²) in [5, 5.41) is 17.6. The molecule has 8 heteroatoms. The van der Waals surface area contributed by atoms with E-state index in [1.165, 1.54) is 0 Å². The van der Waals surface area contributed by atoms with Crippen molar-refractivity contribution in [3.8, 4) is 0 Å². The molecule has 0 bridgehead atoms. The molecule has 4 N–H and O–H groups in total. The van der Waals surface area contributed by atoms with Crippen LogP contribution in [0.4, 0.5) is 10.5 Å². The van der Waals surface area contributed by atoms with Crippen LogP contribution in [-0.2, 0) is 9.53 Å². The van der Waals surface area contributed by atoms with Crippen molar-refractivity contribution in [3.05, 3.63) is 29.8 Å². The molecule has 1 saturated carbocycles. The van der Waals surface area contributed by atoms with E-state index >= 15 is 0 Å². The number of hydrogen-bond donors (Lipinski definition) is 4. The van der Waals surface area contributed by atoms with E-state index in [0.717, 1.165) is 12.8 Å². The molecule has 2 aliphatic rings. The molecule has 0 atom stereocenters. The fourth-order valence-corrected chi connectivity index (χ4v) is 3.03. The van der Waals surface area contributed by atoms with Gasteiger partial charge in [0.25, 0.3) is 5.91 Å². The zero-order valence-corrected chi connectivity index (χ0v) is 14.4. The van der Waals surface area contributed by atoms with Crippen molar-refractivity contribution in [2.45, 2.75) is 43.7 Å². The SMILES string of the molecule is O=C(O)CC1(NC(=O)c2cccc(NC(=O)NC3CC3)c2)CCOCC1. The summed E-state index contributed by atoms with van der Waals surface area (Å²) in [6.45, 7) is 0.826. The van der Waals surface area contributed by atoms with E-state index < -0.39 is 11.5 Å². The minimum atomic E-state index is -0.959. The average molecular weight is 361 g/mol. The topological polar surface area (TPSA) is 117 Å². The Balaban J connectivity index is 1.66. The molecule has 8 nitrogen and oxygen atoms in total. The average Bonchev–Trinajstić information content (AvgIpc) is 3.38. The molecule has 0 unspecified atom stereocenters. The highest BCUT2D eigenvalue weighted by molar-refractivity contribution is 5.97. The number of carboxylic acid groups (broad SMARTS) is 1. The van der Waals surface area contributed by atoms with Gasteiger partial charge in [0.05, 0.1) is 12.0 Å². The Bertz CT molecular complexity index is 696. The number of urea groups is 1.